The number of hydrogen-bond donors (Lipinski definition) is 0. The molecule has 232 valence electrons. The first-order chi connectivity index (χ1) is 24.1. The SMILES string of the molecule is CC1(C)c2ccccc2-c2c3c1cccc3cc1c2c2cc3ccccc3cc2n1-c1ccc(N(c2ccccc2)c2ccccc2)cc1. The van der Waals surface area contributed by atoms with Crippen molar-refractivity contribution in [1.82, 2.24) is 4.57 Å². The van der Waals surface area contributed by atoms with Gasteiger partial charge in [0.05, 0.1) is 11.0 Å². The zero-order valence-corrected chi connectivity index (χ0v) is 27.6. The summed E-state index contributed by atoms with van der Waals surface area (Å²) in [6.07, 6.45) is 0. The molecule has 0 saturated heterocycles. The van der Waals surface area contributed by atoms with E-state index in [0.29, 0.717) is 0 Å². The van der Waals surface area contributed by atoms with Crippen molar-refractivity contribution in [2.45, 2.75) is 19.3 Å². The number of anilines is 3. The van der Waals surface area contributed by atoms with Gasteiger partial charge >= 0.3 is 0 Å². The fraction of sp³-hybridized carbons (Fsp3) is 0.0638. The average Bonchev–Trinajstić information content (AvgIpc) is 3.46. The summed E-state index contributed by atoms with van der Waals surface area (Å²) >= 11 is 0. The molecule has 0 unspecified atom stereocenters. The Balaban J connectivity index is 1.29. The molecule has 0 atom stereocenters. The maximum Gasteiger partial charge on any atom is 0.0553 e. The van der Waals surface area contributed by atoms with Crippen LogP contribution < -0.4 is 4.90 Å². The van der Waals surface area contributed by atoms with E-state index in [9.17, 15) is 0 Å². The van der Waals surface area contributed by atoms with Crippen molar-refractivity contribution in [1.29, 1.82) is 0 Å². The predicted octanol–water partition coefficient (Wildman–Crippen LogP) is 12.9. The third-order valence-corrected chi connectivity index (χ3v) is 10.7. The molecule has 1 aliphatic rings. The van der Waals surface area contributed by atoms with Gasteiger partial charge in [-0.1, -0.05) is 117 Å². The highest BCUT2D eigenvalue weighted by atomic mass is 15.1. The van der Waals surface area contributed by atoms with Crippen LogP contribution in [0.25, 0.3) is 60.2 Å². The fourth-order valence-electron chi connectivity index (χ4n) is 8.45. The van der Waals surface area contributed by atoms with Gasteiger partial charge in [-0.05, 0) is 105 Å². The van der Waals surface area contributed by atoms with Gasteiger partial charge in [0.15, 0.2) is 0 Å². The summed E-state index contributed by atoms with van der Waals surface area (Å²) in [6, 6.07) is 62.2. The molecule has 0 aliphatic heterocycles. The van der Waals surface area contributed by atoms with Crippen molar-refractivity contribution in [3.05, 3.63) is 181 Å². The molecule has 1 heterocycles. The third-order valence-electron chi connectivity index (χ3n) is 10.7. The summed E-state index contributed by atoms with van der Waals surface area (Å²) in [5.41, 5.74) is 12.4. The van der Waals surface area contributed by atoms with E-state index in [0.717, 1.165) is 22.7 Å². The molecule has 1 aromatic heterocycles. The summed E-state index contributed by atoms with van der Waals surface area (Å²) in [5.74, 6) is 0. The largest absolute Gasteiger partial charge is 0.311 e. The normalized spacial score (nSPS) is 13.3. The Labute approximate surface area is 286 Å². The van der Waals surface area contributed by atoms with E-state index in [1.165, 1.54) is 65.6 Å². The van der Waals surface area contributed by atoms with Gasteiger partial charge in [-0.15, -0.1) is 0 Å². The monoisotopic (exact) mass is 626 g/mol. The van der Waals surface area contributed by atoms with Crippen molar-refractivity contribution in [3.8, 4) is 16.8 Å². The van der Waals surface area contributed by atoms with Crippen LogP contribution in [0.3, 0.4) is 0 Å². The van der Waals surface area contributed by atoms with E-state index in [2.05, 4.69) is 193 Å². The second-order valence-electron chi connectivity index (χ2n) is 13.8. The number of nitrogens with zero attached hydrogens (tertiary/aromatic N) is 2. The van der Waals surface area contributed by atoms with Gasteiger partial charge in [0, 0.05) is 44.5 Å². The maximum atomic E-state index is 2.49. The van der Waals surface area contributed by atoms with Crippen LogP contribution in [0.15, 0.2) is 170 Å². The molecule has 0 N–H and O–H groups in total. The minimum Gasteiger partial charge on any atom is -0.311 e. The van der Waals surface area contributed by atoms with Crippen LogP contribution in [0.5, 0.6) is 0 Å². The minimum atomic E-state index is -0.0962. The molecule has 10 rings (SSSR count). The van der Waals surface area contributed by atoms with Crippen molar-refractivity contribution >= 4 is 60.4 Å². The topological polar surface area (TPSA) is 8.17 Å². The number of aromatic nitrogens is 1. The molecule has 0 fully saturated rings. The molecule has 0 bridgehead atoms. The molecular weight excluding hydrogens is 593 g/mol. The first kappa shape index (κ1) is 27.9. The second kappa shape index (κ2) is 10.4. The summed E-state index contributed by atoms with van der Waals surface area (Å²) in [5, 5.41) is 7.78. The van der Waals surface area contributed by atoms with Crippen LogP contribution in [0.4, 0.5) is 17.1 Å². The molecule has 0 radical (unpaired) electrons. The number of fused-ring (bicyclic) bond motifs is 7. The Morgan fingerprint density at radius 2 is 1.00 bits per heavy atom. The Morgan fingerprint density at radius 1 is 0.449 bits per heavy atom. The van der Waals surface area contributed by atoms with Crippen LogP contribution in [-0.2, 0) is 5.41 Å². The molecule has 8 aromatic carbocycles. The van der Waals surface area contributed by atoms with Crippen LogP contribution in [0.2, 0.25) is 0 Å². The highest BCUT2D eigenvalue weighted by molar-refractivity contribution is 6.26. The van der Waals surface area contributed by atoms with Crippen molar-refractivity contribution in [2.75, 3.05) is 4.90 Å². The molecule has 2 heteroatoms. The second-order valence-corrected chi connectivity index (χ2v) is 13.8. The Morgan fingerprint density at radius 3 is 1.71 bits per heavy atom. The van der Waals surface area contributed by atoms with Crippen LogP contribution >= 0.6 is 0 Å². The molecule has 0 amide bonds. The van der Waals surface area contributed by atoms with Gasteiger partial charge in [0.25, 0.3) is 0 Å². The van der Waals surface area contributed by atoms with Gasteiger partial charge in [-0.2, -0.15) is 0 Å². The lowest BCUT2D eigenvalue weighted by atomic mass is 9.68. The first-order valence-electron chi connectivity index (χ1n) is 17.1. The van der Waals surface area contributed by atoms with Gasteiger partial charge in [0.1, 0.15) is 0 Å². The number of benzene rings is 8. The molecule has 9 aromatic rings. The lowest BCUT2D eigenvalue weighted by Crippen LogP contribution is -2.23. The number of rotatable bonds is 4. The zero-order valence-electron chi connectivity index (χ0n) is 27.6. The molecule has 49 heavy (non-hydrogen) atoms. The lowest BCUT2D eigenvalue weighted by molar-refractivity contribution is 0.645. The smallest absolute Gasteiger partial charge is 0.0553 e. The summed E-state index contributed by atoms with van der Waals surface area (Å²) in [6.45, 7) is 4.75. The standard InChI is InChI=1S/C47H34N2/c1-47(2)40-22-12-11-21-38(40)46-44-33(16-13-23-41(44)47)30-43-45(46)39-28-31-14-9-10-15-32(31)29-42(39)49(43)37-26-24-36(25-27-37)48(34-17-5-3-6-18-34)35-19-7-4-8-20-35/h3-30H,1-2H3. The number of para-hydroxylation sites is 2. The van der Waals surface area contributed by atoms with Gasteiger partial charge < -0.3 is 9.47 Å². The highest BCUT2D eigenvalue weighted by Crippen LogP contribution is 2.53. The molecule has 0 spiro atoms. The maximum absolute atomic E-state index is 2.49. The number of hydrogen-bond acceptors (Lipinski definition) is 1. The van der Waals surface area contributed by atoms with Crippen LogP contribution in [0, 0.1) is 0 Å². The molecule has 0 saturated carbocycles. The molecule has 1 aliphatic carbocycles. The summed E-state index contributed by atoms with van der Waals surface area (Å²) < 4.78 is 2.49. The molecular formula is C47H34N2. The van der Waals surface area contributed by atoms with Crippen LogP contribution in [0.1, 0.15) is 25.0 Å². The van der Waals surface area contributed by atoms with E-state index < -0.39 is 0 Å². The summed E-state index contributed by atoms with van der Waals surface area (Å²) in [4.78, 5) is 2.32. The zero-order chi connectivity index (χ0) is 32.7. The van der Waals surface area contributed by atoms with Crippen molar-refractivity contribution in [2.24, 2.45) is 0 Å². The van der Waals surface area contributed by atoms with E-state index in [1.807, 2.05) is 0 Å². The van der Waals surface area contributed by atoms with Crippen LogP contribution in [-0.4, -0.2) is 4.57 Å². The van der Waals surface area contributed by atoms with E-state index in [4.69, 9.17) is 0 Å². The Bertz CT molecular complexity index is 2680. The summed E-state index contributed by atoms with van der Waals surface area (Å²) in [7, 11) is 0. The lowest BCUT2D eigenvalue weighted by Gasteiger charge is -2.35. The highest BCUT2D eigenvalue weighted by Gasteiger charge is 2.35. The average molecular weight is 627 g/mol. The predicted molar refractivity (Wildman–Crippen MR) is 208 cm³/mol. The quantitative estimate of drug-likeness (QED) is 0.189. The Kier molecular flexibility index (Phi) is 5.95. The van der Waals surface area contributed by atoms with Gasteiger partial charge in [-0.3, -0.25) is 0 Å². The third kappa shape index (κ3) is 4.07. The van der Waals surface area contributed by atoms with Crippen molar-refractivity contribution in [3.63, 3.8) is 0 Å². The van der Waals surface area contributed by atoms with E-state index >= 15 is 0 Å². The van der Waals surface area contributed by atoms with E-state index in [1.54, 1.807) is 0 Å². The first-order valence-corrected chi connectivity index (χ1v) is 17.1. The molecule has 2 nitrogen and oxygen atoms in total. The van der Waals surface area contributed by atoms with E-state index in [-0.39, 0.29) is 5.41 Å². The van der Waals surface area contributed by atoms with Gasteiger partial charge in [0.2, 0.25) is 0 Å². The minimum absolute atomic E-state index is 0.0962. The fourth-order valence-corrected chi connectivity index (χ4v) is 8.45. The van der Waals surface area contributed by atoms with Gasteiger partial charge in [-0.25, -0.2) is 0 Å². The van der Waals surface area contributed by atoms with Crippen molar-refractivity contribution < 1.29 is 0 Å². The Hall–Kier alpha value is -6.12.